The summed E-state index contributed by atoms with van der Waals surface area (Å²) in [5, 5.41) is 2.99. The van der Waals surface area contributed by atoms with Crippen LogP contribution in [-0.4, -0.2) is 7.05 Å². The second-order valence-electron chi connectivity index (χ2n) is 4.15. The fourth-order valence-electron chi connectivity index (χ4n) is 1.98. The van der Waals surface area contributed by atoms with E-state index in [0.717, 1.165) is 0 Å². The molecule has 2 aromatic carbocycles. The molecule has 0 bridgehead atoms. The molecule has 0 aliphatic heterocycles. The molecule has 1 unspecified atom stereocenters. The number of hydrogen-bond acceptors (Lipinski definition) is 1. The lowest BCUT2D eigenvalue weighted by Gasteiger charge is -2.20. The molecular weight excluding hydrogens is 415 g/mol. The lowest BCUT2D eigenvalue weighted by molar-refractivity contribution is 0.570. The van der Waals surface area contributed by atoms with E-state index in [4.69, 9.17) is 11.6 Å². The maximum Gasteiger partial charge on any atom is 0.148 e. The zero-order valence-electron chi connectivity index (χ0n) is 10.4. The van der Waals surface area contributed by atoms with Crippen LogP contribution in [0.5, 0.6) is 0 Å². The first-order chi connectivity index (χ1) is 9.45. The average Bonchev–Trinajstić information content (AvgIpc) is 2.43. The summed E-state index contributed by atoms with van der Waals surface area (Å²) in [6.07, 6.45) is 0. The predicted molar refractivity (Wildman–Crippen MR) is 84.1 cm³/mol. The molecule has 0 spiro atoms. The van der Waals surface area contributed by atoms with E-state index < -0.39 is 11.9 Å². The third-order valence-electron chi connectivity index (χ3n) is 2.93. The maximum atomic E-state index is 14.3. The van der Waals surface area contributed by atoms with Gasteiger partial charge >= 0.3 is 0 Å². The van der Waals surface area contributed by atoms with E-state index in [1.54, 1.807) is 25.2 Å². The van der Waals surface area contributed by atoms with E-state index in [1.807, 2.05) is 0 Å². The number of halogens is 5. The molecule has 0 aliphatic rings. The van der Waals surface area contributed by atoms with Crippen LogP contribution in [-0.2, 0) is 0 Å². The van der Waals surface area contributed by atoms with Crippen molar-refractivity contribution >= 4 is 43.5 Å². The van der Waals surface area contributed by atoms with Gasteiger partial charge in [0.2, 0.25) is 0 Å². The Morgan fingerprint density at radius 1 is 1.05 bits per heavy atom. The summed E-state index contributed by atoms with van der Waals surface area (Å²) < 4.78 is 28.9. The zero-order chi connectivity index (χ0) is 14.9. The molecule has 0 heterocycles. The number of benzene rings is 2. The second-order valence-corrected chi connectivity index (χ2v) is 6.24. The molecule has 1 nitrogen and oxygen atoms in total. The van der Waals surface area contributed by atoms with Gasteiger partial charge in [0.25, 0.3) is 0 Å². The molecule has 0 radical (unpaired) electrons. The van der Waals surface area contributed by atoms with Crippen molar-refractivity contribution in [2.75, 3.05) is 7.05 Å². The van der Waals surface area contributed by atoms with Crippen molar-refractivity contribution in [3.8, 4) is 0 Å². The molecule has 0 aromatic heterocycles. The minimum Gasteiger partial charge on any atom is -0.309 e. The Morgan fingerprint density at radius 3 is 2.35 bits per heavy atom. The summed E-state index contributed by atoms with van der Waals surface area (Å²) in [5.74, 6) is -0.913. The highest BCUT2D eigenvalue weighted by atomic mass is 79.9. The van der Waals surface area contributed by atoms with Gasteiger partial charge in [0.05, 0.1) is 11.1 Å². The first kappa shape index (κ1) is 15.9. The van der Waals surface area contributed by atoms with Crippen LogP contribution in [0.3, 0.4) is 0 Å². The molecule has 0 saturated carbocycles. The second kappa shape index (κ2) is 6.52. The molecule has 0 fully saturated rings. The quantitative estimate of drug-likeness (QED) is 0.645. The Kier molecular flexibility index (Phi) is 5.18. The number of nitrogens with one attached hydrogen (secondary N) is 1. The Hall–Kier alpha value is -0.490. The summed E-state index contributed by atoms with van der Waals surface area (Å²) in [4.78, 5) is 0. The van der Waals surface area contributed by atoms with Crippen LogP contribution in [0.25, 0.3) is 0 Å². The first-order valence-corrected chi connectivity index (χ1v) is 7.67. The van der Waals surface area contributed by atoms with Gasteiger partial charge in [-0.15, -0.1) is 0 Å². The normalized spacial score (nSPS) is 12.5. The van der Waals surface area contributed by atoms with Crippen LogP contribution in [0.15, 0.2) is 39.3 Å². The highest BCUT2D eigenvalue weighted by Crippen LogP contribution is 2.35. The largest absolute Gasteiger partial charge is 0.309 e. The van der Waals surface area contributed by atoms with E-state index in [0.29, 0.717) is 20.1 Å². The predicted octanol–water partition coefficient (Wildman–Crippen LogP) is 5.45. The van der Waals surface area contributed by atoms with E-state index in [1.165, 1.54) is 12.1 Å². The fraction of sp³-hybridized carbons (Fsp3) is 0.143. The van der Waals surface area contributed by atoms with Gasteiger partial charge in [0, 0.05) is 14.5 Å². The van der Waals surface area contributed by atoms with Crippen molar-refractivity contribution in [2.24, 2.45) is 0 Å². The van der Waals surface area contributed by atoms with E-state index in [9.17, 15) is 8.78 Å². The summed E-state index contributed by atoms with van der Waals surface area (Å²) >= 11 is 12.4. The molecule has 0 saturated heterocycles. The van der Waals surface area contributed by atoms with Gasteiger partial charge in [-0.1, -0.05) is 33.6 Å². The lowest BCUT2D eigenvalue weighted by atomic mass is 9.98. The van der Waals surface area contributed by atoms with Crippen LogP contribution in [0, 0.1) is 11.6 Å². The average molecular weight is 425 g/mol. The monoisotopic (exact) mass is 423 g/mol. The van der Waals surface area contributed by atoms with Crippen molar-refractivity contribution in [3.63, 3.8) is 0 Å². The molecule has 0 aliphatic carbocycles. The third-order valence-corrected chi connectivity index (χ3v) is 4.91. The minimum absolute atomic E-state index is 0.00951. The fourth-order valence-corrected chi connectivity index (χ4v) is 2.93. The molecule has 1 atom stereocenters. The van der Waals surface area contributed by atoms with Crippen molar-refractivity contribution in [1.29, 1.82) is 0 Å². The summed E-state index contributed by atoms with van der Waals surface area (Å²) in [5.41, 5.74) is 0.955. The van der Waals surface area contributed by atoms with E-state index in [2.05, 4.69) is 37.2 Å². The molecule has 106 valence electrons. The third kappa shape index (κ3) is 3.06. The summed E-state index contributed by atoms with van der Waals surface area (Å²) in [6.45, 7) is 0. The van der Waals surface area contributed by atoms with Gasteiger partial charge in [0.15, 0.2) is 0 Å². The Balaban J connectivity index is 2.58. The molecular formula is C14H10Br2ClF2N. The lowest BCUT2D eigenvalue weighted by Crippen LogP contribution is -2.20. The van der Waals surface area contributed by atoms with Gasteiger partial charge in [-0.25, -0.2) is 8.78 Å². The van der Waals surface area contributed by atoms with Gasteiger partial charge in [-0.05, 0) is 52.8 Å². The van der Waals surface area contributed by atoms with Crippen molar-refractivity contribution in [1.82, 2.24) is 5.32 Å². The topological polar surface area (TPSA) is 12.0 Å². The van der Waals surface area contributed by atoms with Crippen molar-refractivity contribution in [2.45, 2.75) is 6.04 Å². The SMILES string of the molecule is CNC(c1cc(F)ccc1Br)c1ccc(Br)c(Cl)c1F. The van der Waals surface area contributed by atoms with Crippen LogP contribution < -0.4 is 5.32 Å². The zero-order valence-corrected chi connectivity index (χ0v) is 14.3. The Morgan fingerprint density at radius 2 is 1.70 bits per heavy atom. The van der Waals surface area contributed by atoms with Crippen LogP contribution in [0.2, 0.25) is 5.02 Å². The Labute approximate surface area is 137 Å². The molecule has 20 heavy (non-hydrogen) atoms. The van der Waals surface area contributed by atoms with E-state index in [-0.39, 0.29) is 10.8 Å². The van der Waals surface area contributed by atoms with Crippen LogP contribution in [0.4, 0.5) is 8.78 Å². The standard InChI is InChI=1S/C14H10Br2ClF2N/c1-20-14(9-6-7(18)2-4-10(9)15)8-3-5-11(16)12(17)13(8)19/h2-6,14,20H,1H3. The van der Waals surface area contributed by atoms with Crippen LogP contribution in [0.1, 0.15) is 17.2 Å². The highest BCUT2D eigenvalue weighted by molar-refractivity contribution is 9.10. The minimum atomic E-state index is -0.531. The van der Waals surface area contributed by atoms with Crippen molar-refractivity contribution in [3.05, 3.63) is 67.1 Å². The first-order valence-electron chi connectivity index (χ1n) is 5.71. The smallest absolute Gasteiger partial charge is 0.148 e. The summed E-state index contributed by atoms with van der Waals surface area (Å²) in [6, 6.07) is 7.06. The molecule has 0 amide bonds. The van der Waals surface area contributed by atoms with Gasteiger partial charge in [-0.3, -0.25) is 0 Å². The van der Waals surface area contributed by atoms with Crippen molar-refractivity contribution < 1.29 is 8.78 Å². The molecule has 6 heteroatoms. The molecule has 1 N–H and O–H groups in total. The number of hydrogen-bond donors (Lipinski definition) is 1. The van der Waals surface area contributed by atoms with Gasteiger partial charge in [0.1, 0.15) is 11.6 Å². The van der Waals surface area contributed by atoms with Crippen LogP contribution >= 0.6 is 43.5 Å². The molecule has 2 aromatic rings. The van der Waals surface area contributed by atoms with Gasteiger partial charge < -0.3 is 5.32 Å². The summed E-state index contributed by atoms with van der Waals surface area (Å²) in [7, 11) is 1.68. The van der Waals surface area contributed by atoms with Gasteiger partial charge in [-0.2, -0.15) is 0 Å². The number of rotatable bonds is 3. The van der Waals surface area contributed by atoms with E-state index >= 15 is 0 Å². The molecule has 2 rings (SSSR count). The Bertz CT molecular complexity index is 649. The highest BCUT2D eigenvalue weighted by Gasteiger charge is 2.21. The maximum absolute atomic E-state index is 14.3.